The highest BCUT2D eigenvalue weighted by Gasteiger charge is 2.13. The van der Waals surface area contributed by atoms with E-state index in [2.05, 4.69) is 30.9 Å². The topological polar surface area (TPSA) is 58.9 Å². The molecule has 0 aliphatic rings. The molecule has 4 nitrogen and oxygen atoms in total. The number of halogens is 1. The summed E-state index contributed by atoms with van der Waals surface area (Å²) in [6.07, 6.45) is 1.70. The van der Waals surface area contributed by atoms with Crippen molar-refractivity contribution < 1.29 is 5.11 Å². The Kier molecular flexibility index (Phi) is 3.07. The maximum Gasteiger partial charge on any atom is 0.179 e. The van der Waals surface area contributed by atoms with Gasteiger partial charge in [0.25, 0.3) is 0 Å². The van der Waals surface area contributed by atoms with Crippen LogP contribution in [0, 0.1) is 0 Å². The predicted octanol–water partition coefficient (Wildman–Crippen LogP) is 3.01. The predicted molar refractivity (Wildman–Crippen MR) is 74.3 cm³/mol. The van der Waals surface area contributed by atoms with Crippen LogP contribution in [0.25, 0.3) is 21.7 Å². The Labute approximate surface area is 115 Å². The van der Waals surface area contributed by atoms with Crippen molar-refractivity contribution in [2.24, 2.45) is 0 Å². The molecule has 0 bridgehead atoms. The van der Waals surface area contributed by atoms with Crippen LogP contribution in [0.15, 0.2) is 34.2 Å². The molecule has 0 unspecified atom stereocenters. The maximum absolute atomic E-state index is 9.40. The zero-order valence-corrected chi connectivity index (χ0v) is 11.6. The fourth-order valence-corrected chi connectivity index (χ4v) is 3.21. The number of hydrogen-bond donors (Lipinski definition) is 1. The summed E-state index contributed by atoms with van der Waals surface area (Å²) in [5.41, 5.74) is 2.16. The summed E-state index contributed by atoms with van der Waals surface area (Å²) < 4.78 is 1.82. The van der Waals surface area contributed by atoms with E-state index >= 15 is 0 Å². The average molecular weight is 322 g/mol. The van der Waals surface area contributed by atoms with Crippen molar-refractivity contribution in [2.45, 2.75) is 6.61 Å². The zero-order chi connectivity index (χ0) is 12.5. The normalized spacial score (nSPS) is 11.0. The lowest BCUT2D eigenvalue weighted by Crippen LogP contribution is -1.97. The number of rotatable bonds is 2. The van der Waals surface area contributed by atoms with Crippen LogP contribution in [-0.4, -0.2) is 20.1 Å². The Morgan fingerprint density at radius 2 is 2.17 bits per heavy atom. The molecule has 3 aromatic heterocycles. The molecule has 0 aliphatic heterocycles. The van der Waals surface area contributed by atoms with Crippen molar-refractivity contribution in [3.05, 3.63) is 39.9 Å². The Morgan fingerprint density at radius 1 is 1.28 bits per heavy atom. The van der Waals surface area contributed by atoms with Gasteiger partial charge in [0.15, 0.2) is 5.82 Å². The number of thiophene rings is 1. The van der Waals surface area contributed by atoms with Crippen molar-refractivity contribution in [1.82, 2.24) is 15.0 Å². The first-order valence-electron chi connectivity index (χ1n) is 5.25. The van der Waals surface area contributed by atoms with Gasteiger partial charge in [-0.3, -0.25) is 4.98 Å². The van der Waals surface area contributed by atoms with Crippen molar-refractivity contribution in [2.75, 3.05) is 0 Å². The van der Waals surface area contributed by atoms with Crippen LogP contribution in [-0.2, 0) is 6.61 Å². The quantitative estimate of drug-likeness (QED) is 0.788. The van der Waals surface area contributed by atoms with Gasteiger partial charge >= 0.3 is 0 Å². The van der Waals surface area contributed by atoms with Crippen LogP contribution < -0.4 is 0 Å². The van der Waals surface area contributed by atoms with Crippen LogP contribution >= 0.6 is 27.3 Å². The lowest BCUT2D eigenvalue weighted by atomic mass is 10.3. The van der Waals surface area contributed by atoms with Crippen LogP contribution in [0.5, 0.6) is 0 Å². The number of fused-ring (bicyclic) bond motifs is 1. The molecule has 0 amide bonds. The second kappa shape index (κ2) is 4.72. The van der Waals surface area contributed by atoms with Gasteiger partial charge in [0.2, 0.25) is 0 Å². The highest BCUT2D eigenvalue weighted by molar-refractivity contribution is 9.10. The number of aliphatic hydroxyl groups excluding tert-OH is 1. The third-order valence-corrected chi connectivity index (χ3v) is 4.41. The maximum atomic E-state index is 9.40. The van der Waals surface area contributed by atoms with E-state index in [0.29, 0.717) is 17.2 Å². The molecule has 3 aromatic rings. The highest BCUT2D eigenvalue weighted by atomic mass is 79.9. The van der Waals surface area contributed by atoms with Crippen molar-refractivity contribution in [3.8, 4) is 11.5 Å². The van der Waals surface area contributed by atoms with Crippen molar-refractivity contribution in [1.29, 1.82) is 0 Å². The Morgan fingerprint density at radius 3 is 2.89 bits per heavy atom. The summed E-state index contributed by atoms with van der Waals surface area (Å²) in [7, 11) is 0. The van der Waals surface area contributed by atoms with E-state index in [1.807, 2.05) is 23.6 Å². The van der Waals surface area contributed by atoms with Gasteiger partial charge in [-0.05, 0) is 28.1 Å². The summed E-state index contributed by atoms with van der Waals surface area (Å²) in [6, 6.07) is 5.58. The molecule has 1 N–H and O–H groups in total. The molecular formula is C12H8BrN3OS. The van der Waals surface area contributed by atoms with E-state index in [9.17, 15) is 5.11 Å². The van der Waals surface area contributed by atoms with Gasteiger partial charge in [0.1, 0.15) is 5.69 Å². The Bertz CT molecular complexity index is 699. The monoisotopic (exact) mass is 321 g/mol. The summed E-state index contributed by atoms with van der Waals surface area (Å²) >= 11 is 4.97. The Balaban J connectivity index is 2.28. The molecule has 3 rings (SSSR count). The fraction of sp³-hybridized carbons (Fsp3) is 0.0833. The number of aromatic nitrogens is 3. The molecule has 90 valence electrons. The van der Waals surface area contributed by atoms with Gasteiger partial charge in [0.05, 0.1) is 27.0 Å². The number of hydrogen-bond acceptors (Lipinski definition) is 5. The van der Waals surface area contributed by atoms with Gasteiger partial charge < -0.3 is 5.11 Å². The second-order valence-electron chi connectivity index (χ2n) is 3.63. The number of aliphatic hydroxyl groups is 1. The lowest BCUT2D eigenvalue weighted by Gasteiger charge is -2.03. The summed E-state index contributed by atoms with van der Waals surface area (Å²) in [6.45, 7) is -0.105. The molecule has 6 heteroatoms. The highest BCUT2D eigenvalue weighted by Crippen LogP contribution is 2.32. The van der Waals surface area contributed by atoms with Gasteiger partial charge in [-0.25, -0.2) is 9.97 Å². The SMILES string of the molecule is OCc1nc(-c2ccccn2)nc2c(Br)csc12. The van der Waals surface area contributed by atoms with Crippen LogP contribution in [0.2, 0.25) is 0 Å². The molecule has 18 heavy (non-hydrogen) atoms. The molecule has 0 saturated carbocycles. The van der Waals surface area contributed by atoms with E-state index in [1.54, 1.807) is 6.20 Å². The largest absolute Gasteiger partial charge is 0.390 e. The Hall–Kier alpha value is -1.37. The molecule has 0 aromatic carbocycles. The van der Waals surface area contributed by atoms with Gasteiger partial charge in [0, 0.05) is 11.6 Å². The zero-order valence-electron chi connectivity index (χ0n) is 9.17. The first-order chi connectivity index (χ1) is 8.79. The fourth-order valence-electron chi connectivity index (χ4n) is 1.67. The van der Waals surface area contributed by atoms with Crippen molar-refractivity contribution >= 4 is 37.5 Å². The first-order valence-corrected chi connectivity index (χ1v) is 6.92. The molecule has 0 saturated heterocycles. The minimum Gasteiger partial charge on any atom is -0.390 e. The van der Waals surface area contributed by atoms with E-state index < -0.39 is 0 Å². The molecule has 3 heterocycles. The minimum absolute atomic E-state index is 0.105. The molecule has 0 fully saturated rings. The van der Waals surface area contributed by atoms with E-state index in [4.69, 9.17) is 0 Å². The minimum atomic E-state index is -0.105. The molecule has 0 aliphatic carbocycles. The van der Waals surface area contributed by atoms with E-state index in [1.165, 1.54) is 11.3 Å². The summed E-state index contributed by atoms with van der Waals surface area (Å²) in [5, 5.41) is 11.3. The first kappa shape index (κ1) is 11.7. The third kappa shape index (κ3) is 1.92. The molecule has 0 atom stereocenters. The average Bonchev–Trinajstić information content (AvgIpc) is 2.81. The van der Waals surface area contributed by atoms with E-state index in [0.717, 1.165) is 14.7 Å². The van der Waals surface area contributed by atoms with Gasteiger partial charge in [-0.1, -0.05) is 6.07 Å². The van der Waals surface area contributed by atoms with Crippen LogP contribution in [0.1, 0.15) is 5.69 Å². The van der Waals surface area contributed by atoms with Crippen molar-refractivity contribution in [3.63, 3.8) is 0 Å². The smallest absolute Gasteiger partial charge is 0.179 e. The van der Waals surface area contributed by atoms with Crippen LogP contribution in [0.3, 0.4) is 0 Å². The molecule has 0 radical (unpaired) electrons. The van der Waals surface area contributed by atoms with Gasteiger partial charge in [-0.15, -0.1) is 11.3 Å². The molecule has 0 spiro atoms. The number of pyridine rings is 1. The van der Waals surface area contributed by atoms with E-state index in [-0.39, 0.29) is 6.61 Å². The molecular weight excluding hydrogens is 314 g/mol. The second-order valence-corrected chi connectivity index (χ2v) is 5.36. The summed E-state index contributed by atoms with van der Waals surface area (Å²) in [4.78, 5) is 13.1. The number of nitrogens with zero attached hydrogens (tertiary/aromatic N) is 3. The van der Waals surface area contributed by atoms with Gasteiger partial charge in [-0.2, -0.15) is 0 Å². The standard InChI is InChI=1S/C12H8BrN3OS/c13-7-6-18-11-9(5-17)15-12(16-10(7)11)8-3-1-2-4-14-8/h1-4,6,17H,5H2. The third-order valence-electron chi connectivity index (χ3n) is 2.49. The van der Waals surface area contributed by atoms with Crippen LogP contribution in [0.4, 0.5) is 0 Å². The lowest BCUT2D eigenvalue weighted by molar-refractivity contribution is 0.279. The summed E-state index contributed by atoms with van der Waals surface area (Å²) in [5.74, 6) is 0.534.